The summed E-state index contributed by atoms with van der Waals surface area (Å²) < 4.78 is 7.19. The summed E-state index contributed by atoms with van der Waals surface area (Å²) in [4.78, 5) is 4.17. The molecule has 0 radical (unpaired) electrons. The van der Waals surface area contributed by atoms with Crippen LogP contribution in [0.5, 0.6) is 5.88 Å². The molecule has 0 aliphatic heterocycles. The molecule has 102 valence electrons. The van der Waals surface area contributed by atoms with Crippen molar-refractivity contribution in [2.75, 3.05) is 18.7 Å². The van der Waals surface area contributed by atoms with Crippen LogP contribution in [-0.2, 0) is 7.05 Å². The zero-order valence-corrected chi connectivity index (χ0v) is 12.4. The lowest BCUT2D eigenvalue weighted by Crippen LogP contribution is -1.98. The SMILES string of the molecule is COc1ncccc1-c1nnc(SCCCCl)n1C. The van der Waals surface area contributed by atoms with Crippen molar-refractivity contribution in [1.29, 1.82) is 0 Å². The molecule has 0 spiro atoms. The summed E-state index contributed by atoms with van der Waals surface area (Å²) in [7, 11) is 3.53. The van der Waals surface area contributed by atoms with Gasteiger partial charge in [-0.25, -0.2) is 4.98 Å². The minimum atomic E-state index is 0.551. The van der Waals surface area contributed by atoms with Crippen LogP contribution in [0.1, 0.15) is 6.42 Å². The monoisotopic (exact) mass is 298 g/mol. The van der Waals surface area contributed by atoms with Crippen molar-refractivity contribution in [2.45, 2.75) is 11.6 Å². The van der Waals surface area contributed by atoms with Gasteiger partial charge in [0.1, 0.15) is 0 Å². The van der Waals surface area contributed by atoms with E-state index in [9.17, 15) is 0 Å². The number of alkyl halides is 1. The van der Waals surface area contributed by atoms with Gasteiger partial charge in [0.05, 0.1) is 12.7 Å². The van der Waals surface area contributed by atoms with Crippen molar-refractivity contribution in [3.05, 3.63) is 18.3 Å². The van der Waals surface area contributed by atoms with Crippen LogP contribution in [0.15, 0.2) is 23.5 Å². The minimum Gasteiger partial charge on any atom is -0.480 e. The van der Waals surface area contributed by atoms with E-state index in [1.807, 2.05) is 23.7 Å². The molecule has 0 bridgehead atoms. The molecule has 0 N–H and O–H groups in total. The van der Waals surface area contributed by atoms with Gasteiger partial charge in [-0.2, -0.15) is 0 Å². The molecule has 0 aliphatic carbocycles. The number of thioether (sulfide) groups is 1. The lowest BCUT2D eigenvalue weighted by Gasteiger charge is -2.06. The van der Waals surface area contributed by atoms with Crippen molar-refractivity contribution < 1.29 is 4.74 Å². The van der Waals surface area contributed by atoms with Crippen LogP contribution in [0.4, 0.5) is 0 Å². The molecule has 0 aromatic carbocycles. The summed E-state index contributed by atoms with van der Waals surface area (Å²) in [5, 5.41) is 9.27. The number of ether oxygens (including phenoxy) is 1. The Bertz CT molecular complexity index is 546. The number of hydrogen-bond donors (Lipinski definition) is 0. The molecule has 7 heteroatoms. The molecule has 2 aromatic heterocycles. The summed E-state index contributed by atoms with van der Waals surface area (Å²) in [6, 6.07) is 3.77. The molecule has 0 saturated heterocycles. The van der Waals surface area contributed by atoms with Gasteiger partial charge in [-0.15, -0.1) is 21.8 Å². The number of hydrogen-bond acceptors (Lipinski definition) is 5. The molecule has 0 atom stereocenters. The van der Waals surface area contributed by atoms with Gasteiger partial charge >= 0.3 is 0 Å². The number of nitrogens with zero attached hydrogens (tertiary/aromatic N) is 4. The first kappa shape index (κ1) is 14.1. The highest BCUT2D eigenvalue weighted by atomic mass is 35.5. The van der Waals surface area contributed by atoms with Crippen LogP contribution in [0.2, 0.25) is 0 Å². The van der Waals surface area contributed by atoms with E-state index in [2.05, 4.69) is 15.2 Å². The van der Waals surface area contributed by atoms with E-state index in [-0.39, 0.29) is 0 Å². The van der Waals surface area contributed by atoms with E-state index < -0.39 is 0 Å². The summed E-state index contributed by atoms with van der Waals surface area (Å²) >= 11 is 7.31. The predicted octanol–water partition coefficient (Wildman–Crippen LogP) is 2.61. The van der Waals surface area contributed by atoms with Gasteiger partial charge in [0.2, 0.25) is 5.88 Å². The Balaban J connectivity index is 2.26. The van der Waals surface area contributed by atoms with Gasteiger partial charge < -0.3 is 9.30 Å². The number of aromatic nitrogens is 4. The highest BCUT2D eigenvalue weighted by Crippen LogP contribution is 2.28. The molecule has 0 unspecified atom stereocenters. The van der Waals surface area contributed by atoms with Crippen LogP contribution in [0.3, 0.4) is 0 Å². The van der Waals surface area contributed by atoms with Gasteiger partial charge in [-0.1, -0.05) is 11.8 Å². The largest absolute Gasteiger partial charge is 0.480 e. The van der Waals surface area contributed by atoms with Crippen molar-refractivity contribution in [1.82, 2.24) is 19.7 Å². The molecular formula is C12H15ClN4OS. The Morgan fingerprint density at radius 3 is 3.00 bits per heavy atom. The van der Waals surface area contributed by atoms with Crippen LogP contribution < -0.4 is 4.74 Å². The maximum Gasteiger partial charge on any atom is 0.224 e. The van der Waals surface area contributed by atoms with Crippen molar-refractivity contribution in [2.24, 2.45) is 7.05 Å². The molecule has 0 fully saturated rings. The summed E-state index contributed by atoms with van der Waals surface area (Å²) in [5.41, 5.74) is 0.837. The smallest absolute Gasteiger partial charge is 0.224 e. The fourth-order valence-electron chi connectivity index (χ4n) is 1.62. The number of rotatable bonds is 6. The van der Waals surface area contributed by atoms with Gasteiger partial charge in [-0.05, 0) is 18.6 Å². The first-order chi connectivity index (χ1) is 9.27. The zero-order chi connectivity index (χ0) is 13.7. The molecule has 2 aromatic rings. The maximum atomic E-state index is 5.67. The third-order valence-corrected chi connectivity index (χ3v) is 3.92. The predicted molar refractivity (Wildman–Crippen MR) is 76.8 cm³/mol. The fourth-order valence-corrected chi connectivity index (χ4v) is 2.76. The highest BCUT2D eigenvalue weighted by Gasteiger charge is 2.15. The lowest BCUT2D eigenvalue weighted by molar-refractivity contribution is 0.399. The Hall–Kier alpha value is -1.27. The maximum absolute atomic E-state index is 5.67. The van der Waals surface area contributed by atoms with E-state index in [1.165, 1.54) is 0 Å². The van der Waals surface area contributed by atoms with E-state index >= 15 is 0 Å². The number of halogens is 1. The van der Waals surface area contributed by atoms with Crippen molar-refractivity contribution in [3.8, 4) is 17.3 Å². The fraction of sp³-hybridized carbons (Fsp3) is 0.417. The van der Waals surface area contributed by atoms with Gasteiger partial charge in [-0.3, -0.25) is 0 Å². The van der Waals surface area contributed by atoms with E-state index in [0.29, 0.717) is 11.8 Å². The molecule has 5 nitrogen and oxygen atoms in total. The summed E-state index contributed by atoms with van der Waals surface area (Å²) in [6.45, 7) is 0. The highest BCUT2D eigenvalue weighted by molar-refractivity contribution is 7.99. The normalized spacial score (nSPS) is 10.7. The summed E-state index contributed by atoms with van der Waals surface area (Å²) in [5.74, 6) is 2.89. The Labute approximate surface area is 121 Å². The second kappa shape index (κ2) is 6.77. The van der Waals surface area contributed by atoms with E-state index in [0.717, 1.165) is 28.7 Å². The first-order valence-electron chi connectivity index (χ1n) is 5.85. The molecule has 0 aliphatic rings. The molecule has 19 heavy (non-hydrogen) atoms. The zero-order valence-electron chi connectivity index (χ0n) is 10.8. The average Bonchev–Trinajstić information content (AvgIpc) is 2.80. The van der Waals surface area contributed by atoms with E-state index in [4.69, 9.17) is 16.3 Å². The minimum absolute atomic E-state index is 0.551. The van der Waals surface area contributed by atoms with Crippen molar-refractivity contribution in [3.63, 3.8) is 0 Å². The lowest BCUT2D eigenvalue weighted by atomic mass is 10.2. The second-order valence-electron chi connectivity index (χ2n) is 3.82. The van der Waals surface area contributed by atoms with Gasteiger partial charge in [0, 0.05) is 24.9 Å². The average molecular weight is 299 g/mol. The Morgan fingerprint density at radius 2 is 2.26 bits per heavy atom. The molecule has 2 heterocycles. The molecular weight excluding hydrogens is 284 g/mol. The van der Waals surface area contributed by atoms with Crippen LogP contribution >= 0.6 is 23.4 Å². The Kier molecular flexibility index (Phi) is 5.04. The molecule has 2 rings (SSSR count). The molecule has 0 amide bonds. The van der Waals surface area contributed by atoms with Gasteiger partial charge in [0.25, 0.3) is 0 Å². The quantitative estimate of drug-likeness (QED) is 0.466. The Morgan fingerprint density at radius 1 is 1.42 bits per heavy atom. The van der Waals surface area contributed by atoms with E-state index in [1.54, 1.807) is 25.1 Å². The van der Waals surface area contributed by atoms with Gasteiger partial charge in [0.15, 0.2) is 11.0 Å². The topological polar surface area (TPSA) is 52.8 Å². The van der Waals surface area contributed by atoms with Crippen molar-refractivity contribution >= 4 is 23.4 Å². The van der Waals surface area contributed by atoms with Crippen LogP contribution in [0.25, 0.3) is 11.4 Å². The van der Waals surface area contributed by atoms with Crippen LogP contribution in [-0.4, -0.2) is 38.5 Å². The van der Waals surface area contributed by atoms with Crippen LogP contribution in [0, 0.1) is 0 Å². The number of methoxy groups -OCH3 is 1. The first-order valence-corrected chi connectivity index (χ1v) is 7.37. The number of pyridine rings is 1. The third kappa shape index (κ3) is 3.19. The molecule has 0 saturated carbocycles. The standard InChI is InChI=1S/C12H15ClN4OS/c1-17-10(9-5-3-7-14-11(9)18-2)15-16-12(17)19-8-4-6-13/h3,5,7H,4,6,8H2,1-2H3. The summed E-state index contributed by atoms with van der Waals surface area (Å²) in [6.07, 6.45) is 2.64. The second-order valence-corrected chi connectivity index (χ2v) is 5.26. The third-order valence-electron chi connectivity index (χ3n) is 2.55.